The van der Waals surface area contributed by atoms with Crippen LogP contribution in [0.2, 0.25) is 0 Å². The van der Waals surface area contributed by atoms with E-state index in [0.29, 0.717) is 24.4 Å². The van der Waals surface area contributed by atoms with Crippen molar-refractivity contribution in [1.82, 2.24) is 10.3 Å². The quantitative estimate of drug-likeness (QED) is 0.340. The largest absolute Gasteiger partial charge is 0.482 e. The highest BCUT2D eigenvalue weighted by molar-refractivity contribution is 6.34. The van der Waals surface area contributed by atoms with Crippen molar-refractivity contribution in [3.63, 3.8) is 0 Å². The third-order valence-electron chi connectivity index (χ3n) is 3.09. The predicted molar refractivity (Wildman–Crippen MR) is 87.6 cm³/mol. The van der Waals surface area contributed by atoms with E-state index in [2.05, 4.69) is 15.3 Å². The smallest absolute Gasteiger partial charge is 0.343 e. The maximum absolute atomic E-state index is 11.7. The third kappa shape index (κ3) is 6.07. The van der Waals surface area contributed by atoms with E-state index in [-0.39, 0.29) is 6.61 Å². The number of benzene rings is 1. The van der Waals surface area contributed by atoms with Crippen molar-refractivity contribution < 1.29 is 23.9 Å². The van der Waals surface area contributed by atoms with Gasteiger partial charge in [-0.2, -0.15) is 5.10 Å². The van der Waals surface area contributed by atoms with E-state index in [1.807, 2.05) is 0 Å². The highest BCUT2D eigenvalue weighted by Crippen LogP contribution is 2.10. The van der Waals surface area contributed by atoms with Gasteiger partial charge in [0.05, 0.1) is 13.3 Å². The number of methoxy groups -OCH3 is 1. The van der Waals surface area contributed by atoms with Gasteiger partial charge in [-0.15, -0.1) is 0 Å². The lowest BCUT2D eigenvalue weighted by atomic mass is 10.2. The minimum atomic E-state index is -0.784. The lowest BCUT2D eigenvalue weighted by Crippen LogP contribution is -2.41. The molecule has 0 unspecified atom stereocenters. The Morgan fingerprint density at radius 3 is 2.33 bits per heavy atom. The van der Waals surface area contributed by atoms with E-state index in [4.69, 9.17) is 4.74 Å². The molecule has 0 spiro atoms. The van der Waals surface area contributed by atoms with Crippen LogP contribution in [0.5, 0.6) is 5.75 Å². The molecule has 8 heteroatoms. The van der Waals surface area contributed by atoms with Gasteiger partial charge in [0.15, 0.2) is 6.61 Å². The summed E-state index contributed by atoms with van der Waals surface area (Å²) in [5, 5.41) is 3.74. The zero-order valence-electron chi connectivity index (χ0n) is 13.9. The Morgan fingerprint density at radius 1 is 1.17 bits per heavy atom. The second-order valence-corrected chi connectivity index (χ2v) is 4.61. The molecule has 0 aliphatic carbocycles. The second kappa shape index (κ2) is 9.98. The summed E-state index contributed by atoms with van der Waals surface area (Å²) in [5.74, 6) is -1.38. The van der Waals surface area contributed by atoms with Crippen LogP contribution >= 0.6 is 0 Å². The molecule has 0 saturated heterocycles. The van der Waals surface area contributed by atoms with E-state index in [1.165, 1.54) is 18.2 Å². The van der Waals surface area contributed by atoms with Gasteiger partial charge in [0, 0.05) is 13.1 Å². The maximum atomic E-state index is 11.7. The molecule has 0 aliphatic rings. The van der Waals surface area contributed by atoms with Gasteiger partial charge in [0.2, 0.25) is 0 Å². The molecule has 0 radical (unpaired) electrons. The molecule has 0 aromatic heterocycles. The van der Waals surface area contributed by atoms with Gasteiger partial charge in [-0.1, -0.05) is 0 Å². The van der Waals surface area contributed by atoms with Crippen LogP contribution in [0.1, 0.15) is 19.4 Å². The molecule has 0 heterocycles. The highest BCUT2D eigenvalue weighted by Gasteiger charge is 2.18. The number of likely N-dealkylation sites (N-methyl/N-ethyl adjacent to an activating group) is 1. The first kappa shape index (κ1) is 19.1. The van der Waals surface area contributed by atoms with Gasteiger partial charge in [0.25, 0.3) is 0 Å². The van der Waals surface area contributed by atoms with E-state index < -0.39 is 17.8 Å². The molecule has 1 N–H and O–H groups in total. The summed E-state index contributed by atoms with van der Waals surface area (Å²) >= 11 is 0. The van der Waals surface area contributed by atoms with E-state index in [9.17, 15) is 14.4 Å². The highest BCUT2D eigenvalue weighted by atomic mass is 16.6. The fourth-order valence-electron chi connectivity index (χ4n) is 1.72. The fourth-order valence-corrected chi connectivity index (χ4v) is 1.72. The summed E-state index contributed by atoms with van der Waals surface area (Å²) < 4.78 is 9.67. The number of ether oxygens (including phenoxy) is 2. The van der Waals surface area contributed by atoms with E-state index in [0.717, 1.165) is 0 Å². The number of rotatable bonds is 7. The summed E-state index contributed by atoms with van der Waals surface area (Å²) in [4.78, 5) is 35.7. The van der Waals surface area contributed by atoms with E-state index in [1.54, 1.807) is 38.1 Å². The molecular formula is C16H21N3O5. The van der Waals surface area contributed by atoms with Crippen LogP contribution in [0.15, 0.2) is 29.4 Å². The number of nitrogens with one attached hydrogen (secondary N) is 1. The number of carbonyl (C=O) groups is 3. The Kier molecular flexibility index (Phi) is 7.97. The molecule has 24 heavy (non-hydrogen) atoms. The lowest BCUT2D eigenvalue weighted by molar-refractivity contribution is -0.145. The van der Waals surface area contributed by atoms with Gasteiger partial charge in [-0.25, -0.2) is 10.2 Å². The SMILES string of the molecule is CCN(CC)C(=O)C(=O)N/N=C\c1ccc(OCC(=O)OC)cc1. The average molecular weight is 335 g/mol. The standard InChI is InChI=1S/C16H21N3O5/c1-4-19(5-2)16(22)15(21)18-17-10-12-6-8-13(9-7-12)24-11-14(20)23-3/h6-10H,4-5,11H2,1-3H3,(H,18,21)/b17-10-. The summed E-state index contributed by atoms with van der Waals surface area (Å²) in [6.07, 6.45) is 1.40. The van der Waals surface area contributed by atoms with Gasteiger partial charge in [-0.3, -0.25) is 9.59 Å². The molecule has 130 valence electrons. The molecule has 0 fully saturated rings. The Hall–Kier alpha value is -2.90. The molecule has 1 rings (SSSR count). The van der Waals surface area contributed by atoms with Crippen LogP contribution in [-0.4, -0.2) is 55.7 Å². The van der Waals surface area contributed by atoms with Crippen molar-refractivity contribution in [2.45, 2.75) is 13.8 Å². The van der Waals surface area contributed by atoms with Crippen LogP contribution in [-0.2, 0) is 19.1 Å². The summed E-state index contributed by atoms with van der Waals surface area (Å²) in [7, 11) is 1.28. The molecule has 1 aromatic rings. The molecule has 0 aliphatic heterocycles. The zero-order chi connectivity index (χ0) is 17.9. The first-order chi connectivity index (χ1) is 11.5. The predicted octanol–water partition coefficient (Wildman–Crippen LogP) is 0.557. The lowest BCUT2D eigenvalue weighted by Gasteiger charge is -2.16. The van der Waals surface area contributed by atoms with Gasteiger partial charge >= 0.3 is 17.8 Å². The zero-order valence-corrected chi connectivity index (χ0v) is 13.9. The van der Waals surface area contributed by atoms with Crippen LogP contribution in [0.25, 0.3) is 0 Å². The van der Waals surface area contributed by atoms with Crippen LogP contribution in [0.4, 0.5) is 0 Å². The molecule has 1 aromatic carbocycles. The second-order valence-electron chi connectivity index (χ2n) is 4.61. The van der Waals surface area contributed by atoms with Crippen LogP contribution in [0, 0.1) is 0 Å². The van der Waals surface area contributed by atoms with Crippen molar-refractivity contribution in [1.29, 1.82) is 0 Å². The van der Waals surface area contributed by atoms with Crippen molar-refractivity contribution in [3.8, 4) is 5.75 Å². The Bertz CT molecular complexity index is 594. The van der Waals surface area contributed by atoms with Crippen molar-refractivity contribution in [2.24, 2.45) is 5.10 Å². The van der Waals surface area contributed by atoms with Crippen LogP contribution in [0.3, 0.4) is 0 Å². The minimum Gasteiger partial charge on any atom is -0.482 e. The van der Waals surface area contributed by atoms with Gasteiger partial charge < -0.3 is 14.4 Å². The first-order valence-electron chi connectivity index (χ1n) is 7.43. The molecule has 0 saturated carbocycles. The number of carbonyl (C=O) groups excluding carboxylic acids is 3. The molecule has 0 bridgehead atoms. The fraction of sp³-hybridized carbons (Fsp3) is 0.375. The van der Waals surface area contributed by atoms with Gasteiger partial charge in [-0.05, 0) is 43.7 Å². The topological polar surface area (TPSA) is 97.3 Å². The van der Waals surface area contributed by atoms with Crippen molar-refractivity contribution in [3.05, 3.63) is 29.8 Å². The average Bonchev–Trinajstić information content (AvgIpc) is 2.61. The first-order valence-corrected chi connectivity index (χ1v) is 7.43. The monoisotopic (exact) mass is 335 g/mol. The molecular weight excluding hydrogens is 314 g/mol. The number of nitrogens with zero attached hydrogens (tertiary/aromatic N) is 2. The minimum absolute atomic E-state index is 0.173. The number of hydrogen-bond donors (Lipinski definition) is 1. The normalized spacial score (nSPS) is 10.3. The van der Waals surface area contributed by atoms with Crippen molar-refractivity contribution >= 4 is 24.0 Å². The summed E-state index contributed by atoms with van der Waals surface area (Å²) in [6, 6.07) is 6.67. The van der Waals surface area contributed by atoms with Crippen LogP contribution < -0.4 is 10.2 Å². The number of hydrazone groups is 1. The molecule has 2 amide bonds. The summed E-state index contributed by atoms with van der Waals surface area (Å²) in [5.41, 5.74) is 2.88. The summed E-state index contributed by atoms with van der Waals surface area (Å²) in [6.45, 7) is 4.33. The third-order valence-corrected chi connectivity index (χ3v) is 3.09. The number of amides is 2. The Labute approximate surface area is 140 Å². The van der Waals surface area contributed by atoms with E-state index >= 15 is 0 Å². The number of hydrogen-bond acceptors (Lipinski definition) is 6. The van der Waals surface area contributed by atoms with Gasteiger partial charge in [0.1, 0.15) is 5.75 Å². The Balaban J connectivity index is 2.51. The molecule has 8 nitrogen and oxygen atoms in total. The number of esters is 1. The molecule has 0 atom stereocenters. The Morgan fingerprint density at radius 2 is 1.79 bits per heavy atom. The van der Waals surface area contributed by atoms with Crippen molar-refractivity contribution in [2.75, 3.05) is 26.8 Å². The maximum Gasteiger partial charge on any atom is 0.343 e.